The number of hydrogen-bond donors (Lipinski definition) is 0. The van der Waals surface area contributed by atoms with Crippen molar-refractivity contribution in [1.29, 1.82) is 0 Å². The summed E-state index contributed by atoms with van der Waals surface area (Å²) < 4.78 is 19.3. The fraction of sp³-hybridized carbons (Fsp3) is 0. The lowest BCUT2D eigenvalue weighted by Crippen LogP contribution is -2.13. The van der Waals surface area contributed by atoms with Crippen molar-refractivity contribution in [3.63, 3.8) is 0 Å². The van der Waals surface area contributed by atoms with Crippen LogP contribution in [0.25, 0.3) is 17.1 Å². The van der Waals surface area contributed by atoms with E-state index in [2.05, 4.69) is 5.10 Å². The maximum atomic E-state index is 13.3. The Labute approximate surface area is 128 Å². The average Bonchev–Trinajstić information content (AvgIpc) is 2.84. The van der Waals surface area contributed by atoms with Crippen molar-refractivity contribution in [2.24, 2.45) is 0 Å². The summed E-state index contributed by atoms with van der Waals surface area (Å²) in [6, 6.07) is 10.4. The highest BCUT2D eigenvalue weighted by Gasteiger charge is 2.16. The predicted octanol–water partition coefficient (Wildman–Crippen LogP) is 3.94. The first-order valence-electron chi connectivity index (χ1n) is 5.87. The van der Waals surface area contributed by atoms with Gasteiger partial charge in [0.1, 0.15) is 5.82 Å². The van der Waals surface area contributed by atoms with Crippen molar-refractivity contribution in [2.45, 2.75) is 0 Å². The SMILES string of the molecule is O=c1oc(-c2cc(F)ccc2Cl)nn1-c1ccccc1Cl. The van der Waals surface area contributed by atoms with Gasteiger partial charge in [0.2, 0.25) is 0 Å². The maximum Gasteiger partial charge on any atom is 0.442 e. The molecule has 0 saturated heterocycles. The van der Waals surface area contributed by atoms with Gasteiger partial charge in [-0.05, 0) is 30.3 Å². The Balaban J connectivity index is 2.17. The van der Waals surface area contributed by atoms with E-state index in [1.807, 2.05) is 0 Å². The highest BCUT2D eigenvalue weighted by Crippen LogP contribution is 2.27. The lowest BCUT2D eigenvalue weighted by atomic mass is 10.2. The van der Waals surface area contributed by atoms with Crippen LogP contribution in [0.3, 0.4) is 0 Å². The Kier molecular flexibility index (Phi) is 3.53. The molecule has 3 rings (SSSR count). The molecule has 0 bridgehead atoms. The van der Waals surface area contributed by atoms with E-state index in [-0.39, 0.29) is 16.5 Å². The van der Waals surface area contributed by atoms with E-state index in [0.717, 1.165) is 10.7 Å². The summed E-state index contributed by atoms with van der Waals surface area (Å²) in [6.45, 7) is 0. The van der Waals surface area contributed by atoms with Gasteiger partial charge in [0, 0.05) is 0 Å². The molecular formula is C14H7Cl2FN2O2. The molecule has 0 N–H and O–H groups in total. The minimum Gasteiger partial charge on any atom is -0.387 e. The first-order chi connectivity index (χ1) is 10.1. The standard InChI is InChI=1S/C14H7Cl2FN2O2/c15-10-6-5-8(17)7-9(10)13-18-19(14(20)21-13)12-4-2-1-3-11(12)16/h1-7H. The second kappa shape index (κ2) is 5.35. The molecule has 0 atom stereocenters. The molecule has 0 radical (unpaired) electrons. The summed E-state index contributed by atoms with van der Waals surface area (Å²) in [5.41, 5.74) is 0.561. The Hall–Kier alpha value is -2.11. The molecule has 0 aliphatic heterocycles. The first-order valence-corrected chi connectivity index (χ1v) is 6.62. The normalized spacial score (nSPS) is 10.8. The van der Waals surface area contributed by atoms with Crippen LogP contribution in [0.2, 0.25) is 10.0 Å². The molecule has 1 aromatic heterocycles. The molecule has 21 heavy (non-hydrogen) atoms. The summed E-state index contributed by atoms with van der Waals surface area (Å²) >= 11 is 12.0. The highest BCUT2D eigenvalue weighted by molar-refractivity contribution is 6.33. The number of hydrogen-bond acceptors (Lipinski definition) is 3. The Morgan fingerprint density at radius 1 is 1.10 bits per heavy atom. The van der Waals surface area contributed by atoms with Crippen molar-refractivity contribution in [1.82, 2.24) is 9.78 Å². The summed E-state index contributed by atoms with van der Waals surface area (Å²) in [4.78, 5) is 11.9. The lowest BCUT2D eigenvalue weighted by molar-refractivity contribution is 0.515. The molecule has 0 saturated carbocycles. The Morgan fingerprint density at radius 3 is 2.62 bits per heavy atom. The summed E-state index contributed by atoms with van der Waals surface area (Å²) in [5, 5.41) is 4.58. The zero-order valence-corrected chi connectivity index (χ0v) is 11.9. The fourth-order valence-electron chi connectivity index (χ4n) is 1.82. The molecular weight excluding hydrogens is 318 g/mol. The monoisotopic (exact) mass is 324 g/mol. The van der Waals surface area contributed by atoms with Gasteiger partial charge in [-0.1, -0.05) is 35.3 Å². The van der Waals surface area contributed by atoms with Crippen molar-refractivity contribution >= 4 is 23.2 Å². The van der Waals surface area contributed by atoms with Gasteiger partial charge in [-0.25, -0.2) is 9.18 Å². The van der Waals surface area contributed by atoms with E-state index < -0.39 is 11.6 Å². The fourth-order valence-corrected chi connectivity index (χ4v) is 2.24. The van der Waals surface area contributed by atoms with Gasteiger partial charge in [-0.3, -0.25) is 0 Å². The van der Waals surface area contributed by atoms with Crippen LogP contribution in [0.15, 0.2) is 51.7 Å². The summed E-state index contributed by atoms with van der Waals surface area (Å²) in [7, 11) is 0. The van der Waals surface area contributed by atoms with Crippen molar-refractivity contribution in [3.05, 3.63) is 68.9 Å². The van der Waals surface area contributed by atoms with Gasteiger partial charge in [0.25, 0.3) is 5.89 Å². The molecule has 0 unspecified atom stereocenters. The molecule has 0 fully saturated rings. The van der Waals surface area contributed by atoms with Crippen LogP contribution in [-0.4, -0.2) is 9.78 Å². The number of benzene rings is 2. The maximum absolute atomic E-state index is 13.3. The number of halogens is 3. The van der Waals surface area contributed by atoms with Crippen molar-refractivity contribution in [3.8, 4) is 17.1 Å². The van der Waals surface area contributed by atoms with Gasteiger partial charge in [-0.2, -0.15) is 4.68 Å². The molecule has 0 aliphatic rings. The van der Waals surface area contributed by atoms with Gasteiger partial charge in [0.05, 0.1) is 21.3 Å². The van der Waals surface area contributed by atoms with Gasteiger partial charge in [0.15, 0.2) is 0 Å². The number of rotatable bonds is 2. The summed E-state index contributed by atoms with van der Waals surface area (Å²) in [5.74, 6) is -1.33. The van der Waals surface area contributed by atoms with E-state index >= 15 is 0 Å². The number of nitrogens with zero attached hydrogens (tertiary/aromatic N) is 2. The van der Waals surface area contributed by atoms with Crippen molar-refractivity contribution in [2.75, 3.05) is 0 Å². The predicted molar refractivity (Wildman–Crippen MR) is 77.5 cm³/mol. The molecule has 2 aromatic carbocycles. The van der Waals surface area contributed by atoms with Crippen LogP contribution >= 0.6 is 23.2 Å². The molecule has 0 aliphatic carbocycles. The minimum atomic E-state index is -0.738. The topological polar surface area (TPSA) is 48.0 Å². The van der Waals surface area contributed by atoms with Crippen LogP contribution in [0.5, 0.6) is 0 Å². The van der Waals surface area contributed by atoms with Gasteiger partial charge < -0.3 is 4.42 Å². The smallest absolute Gasteiger partial charge is 0.387 e. The highest BCUT2D eigenvalue weighted by atomic mass is 35.5. The number of para-hydroxylation sites is 1. The van der Waals surface area contributed by atoms with Gasteiger partial charge in [-0.15, -0.1) is 5.10 Å². The van der Waals surface area contributed by atoms with Crippen LogP contribution < -0.4 is 5.76 Å². The third-order valence-electron chi connectivity index (χ3n) is 2.79. The molecule has 1 heterocycles. The molecule has 4 nitrogen and oxygen atoms in total. The second-order valence-electron chi connectivity index (χ2n) is 4.16. The minimum absolute atomic E-state index is 0.0792. The zero-order valence-electron chi connectivity index (χ0n) is 10.4. The van der Waals surface area contributed by atoms with Crippen LogP contribution in [0, 0.1) is 5.82 Å². The Bertz CT molecular complexity index is 873. The van der Waals surface area contributed by atoms with E-state index in [0.29, 0.717) is 10.7 Å². The third kappa shape index (κ3) is 2.57. The average molecular weight is 325 g/mol. The largest absolute Gasteiger partial charge is 0.442 e. The molecule has 106 valence electrons. The lowest BCUT2D eigenvalue weighted by Gasteiger charge is -2.00. The van der Waals surface area contributed by atoms with E-state index in [4.69, 9.17) is 27.6 Å². The Morgan fingerprint density at radius 2 is 1.86 bits per heavy atom. The number of aromatic nitrogens is 2. The van der Waals surface area contributed by atoms with E-state index in [9.17, 15) is 9.18 Å². The van der Waals surface area contributed by atoms with Crippen LogP contribution in [0.1, 0.15) is 0 Å². The molecule has 7 heteroatoms. The molecule has 0 spiro atoms. The quantitative estimate of drug-likeness (QED) is 0.717. The van der Waals surface area contributed by atoms with Crippen LogP contribution in [-0.2, 0) is 0 Å². The third-order valence-corrected chi connectivity index (χ3v) is 3.44. The van der Waals surface area contributed by atoms with Crippen LogP contribution in [0.4, 0.5) is 4.39 Å². The van der Waals surface area contributed by atoms with E-state index in [1.54, 1.807) is 24.3 Å². The summed E-state index contributed by atoms with van der Waals surface area (Å²) in [6.07, 6.45) is 0. The van der Waals surface area contributed by atoms with E-state index in [1.165, 1.54) is 12.1 Å². The molecule has 3 aromatic rings. The first kappa shape index (κ1) is 13.9. The molecule has 0 amide bonds. The zero-order chi connectivity index (χ0) is 15.0. The van der Waals surface area contributed by atoms with Crippen molar-refractivity contribution < 1.29 is 8.81 Å². The van der Waals surface area contributed by atoms with Gasteiger partial charge >= 0.3 is 5.76 Å². The second-order valence-corrected chi connectivity index (χ2v) is 4.97.